The lowest BCUT2D eigenvalue weighted by molar-refractivity contribution is -0.138. The zero-order chi connectivity index (χ0) is 14.8. The fourth-order valence-electron chi connectivity index (χ4n) is 1.71. The van der Waals surface area contributed by atoms with Crippen molar-refractivity contribution in [3.8, 4) is 0 Å². The van der Waals surface area contributed by atoms with E-state index in [0.717, 1.165) is 5.56 Å². The molecule has 0 heterocycles. The van der Waals surface area contributed by atoms with E-state index in [2.05, 4.69) is 5.32 Å². The predicted molar refractivity (Wildman–Crippen MR) is 81.5 cm³/mol. The molecule has 0 atom stereocenters. The molecule has 0 bridgehead atoms. The van der Waals surface area contributed by atoms with E-state index in [1.54, 1.807) is 7.11 Å². The van der Waals surface area contributed by atoms with E-state index in [4.69, 9.17) is 9.84 Å². The van der Waals surface area contributed by atoms with Gasteiger partial charge in [0.05, 0.1) is 13.2 Å². The van der Waals surface area contributed by atoms with Crippen molar-refractivity contribution in [2.45, 2.75) is 6.54 Å². The van der Waals surface area contributed by atoms with Gasteiger partial charge in [0.2, 0.25) is 5.91 Å². The second-order valence-corrected chi connectivity index (χ2v) is 4.36. The Bertz CT molecular complexity index is 428. The SMILES string of the molecule is COCCN(CC(=O)NCC(=O)O)Cc1ccccc1.Cl. The first kappa shape index (κ1) is 19.4. The number of ether oxygens (including phenoxy) is 1. The van der Waals surface area contributed by atoms with Gasteiger partial charge in [0, 0.05) is 20.2 Å². The molecule has 1 aromatic rings. The average Bonchev–Trinajstić information content (AvgIpc) is 2.43. The van der Waals surface area contributed by atoms with Gasteiger partial charge >= 0.3 is 5.97 Å². The number of hydrogen-bond donors (Lipinski definition) is 2. The monoisotopic (exact) mass is 316 g/mol. The molecule has 0 fully saturated rings. The maximum atomic E-state index is 11.7. The van der Waals surface area contributed by atoms with Gasteiger partial charge in [0.1, 0.15) is 6.54 Å². The lowest BCUT2D eigenvalue weighted by Crippen LogP contribution is -2.40. The van der Waals surface area contributed by atoms with Crippen LogP contribution in [0.1, 0.15) is 5.56 Å². The molecular formula is C14H21ClN2O4. The first-order valence-corrected chi connectivity index (χ1v) is 6.35. The molecule has 0 radical (unpaired) electrons. The summed E-state index contributed by atoms with van der Waals surface area (Å²) in [6.07, 6.45) is 0. The smallest absolute Gasteiger partial charge is 0.322 e. The van der Waals surface area contributed by atoms with Crippen LogP contribution in [0.4, 0.5) is 0 Å². The summed E-state index contributed by atoms with van der Waals surface area (Å²) in [6, 6.07) is 9.77. The summed E-state index contributed by atoms with van der Waals surface area (Å²) >= 11 is 0. The van der Waals surface area contributed by atoms with Crippen LogP contribution in [0.2, 0.25) is 0 Å². The van der Waals surface area contributed by atoms with Crippen molar-refractivity contribution in [2.24, 2.45) is 0 Å². The predicted octanol–water partition coefficient (Wildman–Crippen LogP) is 0.758. The van der Waals surface area contributed by atoms with E-state index in [-0.39, 0.29) is 31.4 Å². The molecule has 0 aromatic heterocycles. The molecule has 0 aliphatic carbocycles. The highest BCUT2D eigenvalue weighted by Gasteiger charge is 2.11. The molecule has 1 amide bonds. The molecule has 0 unspecified atom stereocenters. The van der Waals surface area contributed by atoms with Crippen LogP contribution in [0.25, 0.3) is 0 Å². The topological polar surface area (TPSA) is 78.9 Å². The number of carbonyl (C=O) groups excluding carboxylic acids is 1. The number of rotatable bonds is 9. The summed E-state index contributed by atoms with van der Waals surface area (Å²) in [4.78, 5) is 24.0. The number of aliphatic carboxylic acids is 1. The van der Waals surface area contributed by atoms with Gasteiger partial charge in [-0.25, -0.2) is 0 Å². The van der Waals surface area contributed by atoms with E-state index < -0.39 is 5.97 Å². The molecule has 1 aromatic carbocycles. The van der Waals surface area contributed by atoms with Gasteiger partial charge in [-0.3, -0.25) is 14.5 Å². The molecule has 7 heteroatoms. The maximum absolute atomic E-state index is 11.7. The van der Waals surface area contributed by atoms with E-state index in [1.807, 2.05) is 35.2 Å². The third kappa shape index (κ3) is 9.01. The molecule has 0 aliphatic heterocycles. The minimum Gasteiger partial charge on any atom is -0.480 e. The van der Waals surface area contributed by atoms with Crippen LogP contribution >= 0.6 is 12.4 Å². The number of nitrogens with one attached hydrogen (secondary N) is 1. The van der Waals surface area contributed by atoms with Gasteiger partial charge in [-0.05, 0) is 5.56 Å². The Kier molecular flexibility index (Phi) is 10.2. The number of methoxy groups -OCH3 is 1. The number of halogens is 1. The van der Waals surface area contributed by atoms with E-state index in [0.29, 0.717) is 19.7 Å². The number of carboxylic acids is 1. The first-order chi connectivity index (χ1) is 9.61. The van der Waals surface area contributed by atoms with Crippen LogP contribution in [0.5, 0.6) is 0 Å². The van der Waals surface area contributed by atoms with E-state index >= 15 is 0 Å². The van der Waals surface area contributed by atoms with Crippen LogP contribution in [0.15, 0.2) is 30.3 Å². The zero-order valence-electron chi connectivity index (χ0n) is 11.9. The standard InChI is InChI=1S/C14H20N2O4.ClH/c1-20-8-7-16(10-12-5-3-2-4-6-12)11-13(17)15-9-14(18)19;/h2-6H,7-11H2,1H3,(H,15,17)(H,18,19);1H. The quantitative estimate of drug-likeness (QED) is 0.703. The lowest BCUT2D eigenvalue weighted by Gasteiger charge is -2.21. The molecule has 118 valence electrons. The van der Waals surface area contributed by atoms with E-state index in [1.165, 1.54) is 0 Å². The number of nitrogens with zero attached hydrogens (tertiary/aromatic N) is 1. The third-order valence-electron chi connectivity index (χ3n) is 2.66. The normalized spacial score (nSPS) is 10.0. The fourth-order valence-corrected chi connectivity index (χ4v) is 1.71. The van der Waals surface area contributed by atoms with Crippen LogP contribution in [0, 0.1) is 0 Å². The van der Waals surface area contributed by atoms with Crippen molar-refractivity contribution in [3.63, 3.8) is 0 Å². The van der Waals surface area contributed by atoms with Gasteiger partial charge < -0.3 is 15.2 Å². The van der Waals surface area contributed by atoms with Crippen molar-refractivity contribution in [1.82, 2.24) is 10.2 Å². The highest BCUT2D eigenvalue weighted by Crippen LogP contribution is 2.04. The summed E-state index contributed by atoms with van der Waals surface area (Å²) in [6.45, 7) is 1.52. The molecule has 0 saturated heterocycles. The largest absolute Gasteiger partial charge is 0.480 e. The highest BCUT2D eigenvalue weighted by molar-refractivity contribution is 5.85. The fraction of sp³-hybridized carbons (Fsp3) is 0.429. The van der Waals surface area contributed by atoms with Gasteiger partial charge in [0.15, 0.2) is 0 Å². The van der Waals surface area contributed by atoms with Crippen LogP contribution in [-0.4, -0.2) is 55.2 Å². The Morgan fingerprint density at radius 1 is 1.29 bits per heavy atom. The molecule has 0 aliphatic rings. The average molecular weight is 317 g/mol. The molecular weight excluding hydrogens is 296 g/mol. The molecule has 21 heavy (non-hydrogen) atoms. The summed E-state index contributed by atoms with van der Waals surface area (Å²) in [5.74, 6) is -1.36. The van der Waals surface area contributed by atoms with Gasteiger partial charge in [-0.15, -0.1) is 12.4 Å². The maximum Gasteiger partial charge on any atom is 0.322 e. The molecule has 6 nitrogen and oxygen atoms in total. The van der Waals surface area contributed by atoms with Crippen molar-refractivity contribution >= 4 is 24.3 Å². The van der Waals surface area contributed by atoms with Crippen LogP contribution in [0.3, 0.4) is 0 Å². The second-order valence-electron chi connectivity index (χ2n) is 4.36. The number of carboxylic acid groups (broad SMARTS) is 1. The summed E-state index contributed by atoms with van der Waals surface area (Å²) < 4.78 is 5.02. The number of benzene rings is 1. The third-order valence-corrected chi connectivity index (χ3v) is 2.66. The van der Waals surface area contributed by atoms with Crippen molar-refractivity contribution in [2.75, 3.05) is 33.4 Å². The number of carbonyl (C=O) groups is 2. The Morgan fingerprint density at radius 2 is 1.95 bits per heavy atom. The van der Waals surface area contributed by atoms with Crippen molar-refractivity contribution in [1.29, 1.82) is 0 Å². The molecule has 1 rings (SSSR count). The minimum absolute atomic E-state index is 0. The van der Waals surface area contributed by atoms with Gasteiger partial charge in [-0.1, -0.05) is 30.3 Å². The molecule has 0 spiro atoms. The summed E-state index contributed by atoms with van der Waals surface area (Å²) in [5.41, 5.74) is 1.09. The summed E-state index contributed by atoms with van der Waals surface area (Å²) in [7, 11) is 1.60. The minimum atomic E-state index is -1.05. The van der Waals surface area contributed by atoms with E-state index in [9.17, 15) is 9.59 Å². The van der Waals surface area contributed by atoms with Gasteiger partial charge in [-0.2, -0.15) is 0 Å². The number of amides is 1. The first-order valence-electron chi connectivity index (χ1n) is 6.35. The Labute approximate surface area is 130 Å². The highest BCUT2D eigenvalue weighted by atomic mass is 35.5. The van der Waals surface area contributed by atoms with Gasteiger partial charge in [0.25, 0.3) is 0 Å². The van der Waals surface area contributed by atoms with Crippen LogP contribution in [-0.2, 0) is 20.9 Å². The van der Waals surface area contributed by atoms with Crippen molar-refractivity contribution in [3.05, 3.63) is 35.9 Å². The molecule has 2 N–H and O–H groups in total. The van der Waals surface area contributed by atoms with Crippen LogP contribution < -0.4 is 5.32 Å². The summed E-state index contributed by atoms with van der Waals surface area (Å²) in [5, 5.41) is 10.9. The Hall–Kier alpha value is -1.63. The molecule has 0 saturated carbocycles. The van der Waals surface area contributed by atoms with Crippen molar-refractivity contribution < 1.29 is 19.4 Å². The lowest BCUT2D eigenvalue weighted by atomic mass is 10.2. The second kappa shape index (κ2) is 11.1. The Balaban J connectivity index is 0.00000400. The zero-order valence-corrected chi connectivity index (χ0v) is 12.8. The number of hydrogen-bond acceptors (Lipinski definition) is 4. The Morgan fingerprint density at radius 3 is 2.52 bits per heavy atom.